The number of nitrogens with zero attached hydrogens (tertiary/aromatic N) is 1. The molecule has 2 amide bonds. The first-order valence-corrected chi connectivity index (χ1v) is 8.25. The van der Waals surface area contributed by atoms with Gasteiger partial charge in [-0.1, -0.05) is 0 Å². The molecule has 1 heterocycles. The second-order valence-electron chi connectivity index (χ2n) is 6.22. The third-order valence-corrected chi connectivity index (χ3v) is 4.72. The highest BCUT2D eigenvalue weighted by atomic mass is 32.2. The van der Waals surface area contributed by atoms with Gasteiger partial charge in [0.2, 0.25) is 11.8 Å². The van der Waals surface area contributed by atoms with Gasteiger partial charge in [-0.25, -0.2) is 0 Å². The molecule has 0 radical (unpaired) electrons. The molecule has 1 rings (SSSR count). The van der Waals surface area contributed by atoms with Gasteiger partial charge in [0.15, 0.2) is 0 Å². The molecule has 0 unspecified atom stereocenters. The predicted molar refractivity (Wildman–Crippen MR) is 83.2 cm³/mol. The number of thioether (sulfide) groups is 1. The van der Waals surface area contributed by atoms with Crippen molar-refractivity contribution in [3.05, 3.63) is 0 Å². The molecule has 1 aliphatic heterocycles. The molecule has 0 saturated carbocycles. The average molecular weight is 318 g/mol. The van der Waals surface area contributed by atoms with Crippen molar-refractivity contribution in [3.8, 4) is 0 Å². The Morgan fingerprint density at radius 2 is 1.76 bits per heavy atom. The van der Waals surface area contributed by atoms with Gasteiger partial charge >= 0.3 is 0 Å². The van der Waals surface area contributed by atoms with Crippen LogP contribution in [-0.2, 0) is 14.3 Å². The maximum atomic E-state index is 11.9. The number of rotatable bonds is 6. The Hall–Kier alpha value is -0.790. The lowest BCUT2D eigenvalue weighted by molar-refractivity contribution is -0.132. The zero-order valence-electron chi connectivity index (χ0n) is 13.3. The number of amides is 2. The van der Waals surface area contributed by atoms with Crippen LogP contribution in [0.5, 0.6) is 0 Å². The van der Waals surface area contributed by atoms with Gasteiger partial charge in [-0.05, 0) is 27.7 Å². The molecule has 0 aliphatic carbocycles. The number of morpholine rings is 1. The second-order valence-corrected chi connectivity index (χ2v) is 7.20. The Bertz CT molecular complexity index is 374. The number of hydrogen-bond donors (Lipinski definition) is 2. The Balaban J connectivity index is 2.29. The molecule has 0 aromatic carbocycles. The van der Waals surface area contributed by atoms with Gasteiger partial charge in [0.05, 0.1) is 35.9 Å². The van der Waals surface area contributed by atoms with E-state index in [0.29, 0.717) is 26.3 Å². The van der Waals surface area contributed by atoms with Crippen LogP contribution in [0.15, 0.2) is 0 Å². The van der Waals surface area contributed by atoms with E-state index < -0.39 is 11.1 Å². The molecular weight excluding hydrogens is 292 g/mol. The lowest BCUT2D eigenvalue weighted by Gasteiger charge is -2.38. The predicted octanol–water partition coefficient (Wildman–Crippen LogP) is 0.244. The van der Waals surface area contributed by atoms with E-state index in [2.05, 4.69) is 5.32 Å². The highest BCUT2D eigenvalue weighted by molar-refractivity contribution is 8.00. The maximum Gasteiger partial charge on any atom is 0.232 e. The maximum absolute atomic E-state index is 11.9. The molecule has 122 valence electrons. The van der Waals surface area contributed by atoms with Crippen molar-refractivity contribution in [1.29, 1.82) is 0 Å². The molecule has 1 saturated heterocycles. The van der Waals surface area contributed by atoms with Crippen molar-refractivity contribution in [3.63, 3.8) is 0 Å². The topological polar surface area (TPSA) is 78.9 Å². The van der Waals surface area contributed by atoms with Crippen LogP contribution in [0.25, 0.3) is 0 Å². The zero-order valence-corrected chi connectivity index (χ0v) is 14.1. The largest absolute Gasteiger partial charge is 0.388 e. The lowest BCUT2D eigenvalue weighted by Crippen LogP contribution is -2.58. The summed E-state index contributed by atoms with van der Waals surface area (Å²) in [6.07, 6.45) is 0. The van der Waals surface area contributed by atoms with Crippen molar-refractivity contribution >= 4 is 23.6 Å². The Morgan fingerprint density at radius 3 is 2.29 bits per heavy atom. The fourth-order valence-corrected chi connectivity index (χ4v) is 2.39. The summed E-state index contributed by atoms with van der Waals surface area (Å²) < 4.78 is 5.19. The van der Waals surface area contributed by atoms with E-state index in [1.807, 2.05) is 0 Å². The van der Waals surface area contributed by atoms with E-state index in [1.165, 1.54) is 11.8 Å². The van der Waals surface area contributed by atoms with Crippen molar-refractivity contribution in [2.45, 2.75) is 38.8 Å². The first-order chi connectivity index (χ1) is 9.63. The molecule has 0 aromatic rings. The summed E-state index contributed by atoms with van der Waals surface area (Å²) in [4.78, 5) is 25.5. The van der Waals surface area contributed by atoms with Crippen LogP contribution >= 0.6 is 11.8 Å². The minimum Gasteiger partial charge on any atom is -0.388 e. The Labute approximate surface area is 130 Å². The molecule has 21 heavy (non-hydrogen) atoms. The van der Waals surface area contributed by atoms with Crippen LogP contribution < -0.4 is 5.32 Å². The monoisotopic (exact) mass is 318 g/mol. The van der Waals surface area contributed by atoms with E-state index in [1.54, 1.807) is 32.6 Å². The van der Waals surface area contributed by atoms with Crippen LogP contribution in [-0.4, -0.2) is 70.8 Å². The fourth-order valence-electron chi connectivity index (χ4n) is 1.67. The molecule has 0 atom stereocenters. The molecular formula is C14H26N2O4S. The number of hydrogen-bond acceptors (Lipinski definition) is 5. The minimum atomic E-state index is -1.02. The third kappa shape index (κ3) is 5.84. The molecule has 0 spiro atoms. The lowest BCUT2D eigenvalue weighted by atomic mass is 9.86. The summed E-state index contributed by atoms with van der Waals surface area (Å²) in [5, 5.41) is 12.8. The highest BCUT2D eigenvalue weighted by Gasteiger charge is 2.36. The standard InChI is InChI=1S/C14H26N2O4S/c1-13(2,14(3,4)19)15-11(17)9-21-10-12(18)16-5-7-20-8-6-16/h19H,5-10H2,1-4H3,(H,15,17). The Kier molecular flexibility index (Phi) is 6.49. The van der Waals surface area contributed by atoms with Gasteiger partial charge in [0, 0.05) is 13.1 Å². The van der Waals surface area contributed by atoms with E-state index in [0.717, 1.165) is 0 Å². The SMILES string of the molecule is CC(C)(O)C(C)(C)NC(=O)CSCC(=O)N1CCOCC1. The quantitative estimate of drug-likeness (QED) is 0.734. The number of aliphatic hydroxyl groups is 1. The van der Waals surface area contributed by atoms with Crippen LogP contribution in [0.3, 0.4) is 0 Å². The molecule has 1 aliphatic rings. The average Bonchev–Trinajstić information content (AvgIpc) is 2.37. The van der Waals surface area contributed by atoms with Crippen LogP contribution in [0, 0.1) is 0 Å². The van der Waals surface area contributed by atoms with Crippen molar-refractivity contribution in [1.82, 2.24) is 10.2 Å². The summed E-state index contributed by atoms with van der Waals surface area (Å²) in [5.74, 6) is 0.353. The first kappa shape index (κ1) is 18.3. The summed E-state index contributed by atoms with van der Waals surface area (Å²) >= 11 is 1.29. The fraction of sp³-hybridized carbons (Fsp3) is 0.857. The smallest absolute Gasteiger partial charge is 0.232 e. The summed E-state index contributed by atoms with van der Waals surface area (Å²) in [7, 11) is 0. The van der Waals surface area contributed by atoms with E-state index in [-0.39, 0.29) is 23.3 Å². The summed E-state index contributed by atoms with van der Waals surface area (Å²) in [5.41, 5.74) is -1.74. The summed E-state index contributed by atoms with van der Waals surface area (Å²) in [6, 6.07) is 0. The molecule has 6 nitrogen and oxygen atoms in total. The van der Waals surface area contributed by atoms with Crippen molar-refractivity contribution < 1.29 is 19.4 Å². The van der Waals surface area contributed by atoms with Gasteiger partial charge in [-0.2, -0.15) is 0 Å². The van der Waals surface area contributed by atoms with Gasteiger partial charge in [0.1, 0.15) is 0 Å². The molecule has 7 heteroatoms. The van der Waals surface area contributed by atoms with Crippen molar-refractivity contribution in [2.75, 3.05) is 37.8 Å². The van der Waals surface area contributed by atoms with Gasteiger partial charge in [-0.3, -0.25) is 9.59 Å². The third-order valence-electron chi connectivity index (χ3n) is 3.80. The molecule has 0 aromatic heterocycles. The Morgan fingerprint density at radius 1 is 1.19 bits per heavy atom. The van der Waals surface area contributed by atoms with Crippen molar-refractivity contribution in [2.24, 2.45) is 0 Å². The minimum absolute atomic E-state index is 0.0397. The highest BCUT2D eigenvalue weighted by Crippen LogP contribution is 2.20. The van der Waals surface area contributed by atoms with E-state index in [9.17, 15) is 14.7 Å². The van der Waals surface area contributed by atoms with Crippen LogP contribution in [0.2, 0.25) is 0 Å². The zero-order chi connectivity index (χ0) is 16.1. The summed E-state index contributed by atoms with van der Waals surface area (Å²) in [6.45, 7) is 9.26. The van der Waals surface area contributed by atoms with Crippen LogP contribution in [0.4, 0.5) is 0 Å². The number of carbonyl (C=O) groups is 2. The van der Waals surface area contributed by atoms with E-state index >= 15 is 0 Å². The molecule has 1 fully saturated rings. The number of carbonyl (C=O) groups excluding carboxylic acids is 2. The number of ether oxygens (including phenoxy) is 1. The molecule has 2 N–H and O–H groups in total. The van der Waals surface area contributed by atoms with E-state index in [4.69, 9.17) is 4.74 Å². The normalized spacial score (nSPS) is 16.7. The van der Waals surface area contributed by atoms with Gasteiger partial charge in [-0.15, -0.1) is 11.8 Å². The second kappa shape index (κ2) is 7.47. The molecule has 0 bridgehead atoms. The first-order valence-electron chi connectivity index (χ1n) is 7.10. The van der Waals surface area contributed by atoms with Gasteiger partial charge < -0.3 is 20.1 Å². The number of nitrogens with one attached hydrogen (secondary N) is 1. The van der Waals surface area contributed by atoms with Gasteiger partial charge in [0.25, 0.3) is 0 Å². The van der Waals surface area contributed by atoms with Crippen LogP contribution in [0.1, 0.15) is 27.7 Å².